The van der Waals surface area contributed by atoms with Gasteiger partial charge in [-0.15, -0.1) is 0 Å². The number of carbonyl (C=O) groups is 1. The lowest BCUT2D eigenvalue weighted by atomic mass is 9.47. The summed E-state index contributed by atoms with van der Waals surface area (Å²) in [4.78, 5) is 12.5. The van der Waals surface area contributed by atoms with E-state index in [0.29, 0.717) is 17.1 Å². The van der Waals surface area contributed by atoms with Crippen molar-refractivity contribution in [3.05, 3.63) is 11.1 Å². The van der Waals surface area contributed by atoms with E-state index in [1.807, 2.05) is 0 Å². The Morgan fingerprint density at radius 2 is 1.89 bits per heavy atom. The first-order valence-corrected chi connectivity index (χ1v) is 7.68. The highest BCUT2D eigenvalue weighted by atomic mass is 16.1. The van der Waals surface area contributed by atoms with Gasteiger partial charge in [-0.1, -0.05) is 20.8 Å². The third-order valence-corrected chi connectivity index (χ3v) is 5.78. The monoisotopic (exact) mass is 261 g/mol. The van der Waals surface area contributed by atoms with E-state index >= 15 is 0 Å². The van der Waals surface area contributed by atoms with Crippen LogP contribution in [0.1, 0.15) is 54.4 Å². The van der Waals surface area contributed by atoms with Gasteiger partial charge in [-0.05, 0) is 62.0 Å². The van der Waals surface area contributed by atoms with E-state index in [-0.39, 0.29) is 17.5 Å². The quantitative estimate of drug-likeness (QED) is 0.784. The van der Waals surface area contributed by atoms with Gasteiger partial charge < -0.3 is 5.32 Å². The maximum absolute atomic E-state index is 12.5. The fraction of sp³-hybridized carbons (Fsp3) is 0.824. The first kappa shape index (κ1) is 13.4. The summed E-state index contributed by atoms with van der Waals surface area (Å²) in [5.41, 5.74) is 3.13. The van der Waals surface area contributed by atoms with Crippen LogP contribution in [-0.2, 0) is 4.79 Å². The zero-order valence-corrected chi connectivity index (χ0v) is 13.1. The van der Waals surface area contributed by atoms with E-state index in [1.54, 1.807) is 0 Å². The lowest BCUT2D eigenvalue weighted by Gasteiger charge is -2.58. The second kappa shape index (κ2) is 3.72. The largest absolute Gasteiger partial charge is 0.305 e. The zero-order chi connectivity index (χ0) is 14.2. The predicted molar refractivity (Wildman–Crippen MR) is 77.9 cm³/mol. The second-order valence-electron chi connectivity index (χ2n) is 8.47. The van der Waals surface area contributed by atoms with Crippen LogP contribution in [0.3, 0.4) is 0 Å². The maximum Gasteiger partial charge on any atom is 0.163 e. The second-order valence-corrected chi connectivity index (χ2v) is 8.47. The molecule has 4 atom stereocenters. The maximum atomic E-state index is 12.5. The van der Waals surface area contributed by atoms with Gasteiger partial charge in [0.2, 0.25) is 0 Å². The van der Waals surface area contributed by atoms with E-state index in [1.165, 1.54) is 17.6 Å². The Morgan fingerprint density at radius 3 is 2.42 bits per heavy atom. The van der Waals surface area contributed by atoms with Crippen LogP contribution >= 0.6 is 0 Å². The average Bonchev–Trinajstić information content (AvgIpc) is 2.53. The number of ketones is 1. The molecule has 0 aliphatic heterocycles. The van der Waals surface area contributed by atoms with Gasteiger partial charge in [-0.2, -0.15) is 0 Å². The first-order valence-electron chi connectivity index (χ1n) is 7.68. The van der Waals surface area contributed by atoms with Crippen molar-refractivity contribution in [1.29, 1.82) is 0 Å². The standard InChI is InChI=1S/C17H27NO/c1-9-14(18-16(2,3)4)13-11(15(9)19)7-10-8-12(13)17(10,5)6/h9-10,12,14,18H,7-8H2,1-6H3/t9-,10-,12-,14-/m0/s1. The number of Topliss-reactive ketones (excluding diaryl/α,β-unsaturated/α-hetero) is 1. The molecule has 0 aromatic heterocycles. The van der Waals surface area contributed by atoms with Gasteiger partial charge in [0.25, 0.3) is 0 Å². The molecule has 0 spiro atoms. The number of carbonyl (C=O) groups excluding carboxylic acids is 1. The highest BCUT2D eigenvalue weighted by molar-refractivity contribution is 6.02. The SMILES string of the molecule is C[C@@H]1C(=O)C2=C([C@H]1NC(C)(C)C)[C@@H]1C[C@H](C2)C1(C)C. The van der Waals surface area contributed by atoms with Crippen molar-refractivity contribution in [2.45, 2.75) is 66.0 Å². The third kappa shape index (κ3) is 1.75. The van der Waals surface area contributed by atoms with Crippen LogP contribution in [0.2, 0.25) is 0 Å². The summed E-state index contributed by atoms with van der Waals surface area (Å²) >= 11 is 0. The summed E-state index contributed by atoms with van der Waals surface area (Å²) in [5.74, 6) is 1.91. The van der Waals surface area contributed by atoms with E-state index < -0.39 is 0 Å². The van der Waals surface area contributed by atoms with E-state index in [2.05, 4.69) is 46.9 Å². The molecule has 0 aromatic carbocycles. The summed E-state index contributed by atoms with van der Waals surface area (Å²) in [5, 5.41) is 3.71. The van der Waals surface area contributed by atoms with Crippen LogP contribution in [0.5, 0.6) is 0 Å². The molecule has 0 radical (unpaired) electrons. The van der Waals surface area contributed by atoms with Crippen LogP contribution < -0.4 is 5.32 Å². The van der Waals surface area contributed by atoms with Crippen LogP contribution in [0.15, 0.2) is 11.1 Å². The van der Waals surface area contributed by atoms with Gasteiger partial charge in [-0.3, -0.25) is 4.79 Å². The Morgan fingerprint density at radius 1 is 1.26 bits per heavy atom. The van der Waals surface area contributed by atoms with Crippen LogP contribution in [0.25, 0.3) is 0 Å². The molecule has 4 aliphatic rings. The van der Waals surface area contributed by atoms with E-state index in [9.17, 15) is 4.79 Å². The molecule has 2 nitrogen and oxygen atoms in total. The Hall–Kier alpha value is -0.630. The zero-order valence-electron chi connectivity index (χ0n) is 13.1. The average molecular weight is 261 g/mol. The van der Waals surface area contributed by atoms with Crippen molar-refractivity contribution < 1.29 is 4.79 Å². The minimum absolute atomic E-state index is 0.0619. The molecule has 0 aromatic rings. The number of allylic oxidation sites excluding steroid dienone is 1. The van der Waals surface area contributed by atoms with Crippen molar-refractivity contribution in [2.75, 3.05) is 0 Å². The Kier molecular flexibility index (Phi) is 2.62. The number of hydrogen-bond donors (Lipinski definition) is 1. The van der Waals surface area contributed by atoms with Crippen molar-refractivity contribution >= 4 is 5.78 Å². The first-order chi connectivity index (χ1) is 8.63. The third-order valence-electron chi connectivity index (χ3n) is 5.78. The van der Waals surface area contributed by atoms with Crippen LogP contribution in [0, 0.1) is 23.2 Å². The lowest BCUT2D eigenvalue weighted by molar-refractivity contribution is -0.118. The fourth-order valence-electron chi connectivity index (χ4n) is 4.48. The summed E-state index contributed by atoms with van der Waals surface area (Å²) in [6.45, 7) is 13.5. The number of nitrogens with one attached hydrogen (secondary N) is 1. The topological polar surface area (TPSA) is 29.1 Å². The van der Waals surface area contributed by atoms with Gasteiger partial charge in [0.1, 0.15) is 0 Å². The van der Waals surface area contributed by atoms with Crippen LogP contribution in [-0.4, -0.2) is 17.4 Å². The summed E-state index contributed by atoms with van der Waals surface area (Å²) in [6.07, 6.45) is 2.33. The molecule has 1 fully saturated rings. The highest BCUT2D eigenvalue weighted by Crippen LogP contribution is 2.63. The van der Waals surface area contributed by atoms with Crippen molar-refractivity contribution in [2.24, 2.45) is 23.2 Å². The minimum atomic E-state index is 0.0619. The van der Waals surface area contributed by atoms with Crippen LogP contribution in [0.4, 0.5) is 0 Å². The molecule has 1 N–H and O–H groups in total. The van der Waals surface area contributed by atoms with Crippen molar-refractivity contribution in [3.8, 4) is 0 Å². The summed E-state index contributed by atoms with van der Waals surface area (Å²) < 4.78 is 0. The molecule has 0 saturated heterocycles. The van der Waals surface area contributed by atoms with E-state index in [0.717, 1.165) is 12.3 Å². The van der Waals surface area contributed by atoms with Gasteiger partial charge in [-0.25, -0.2) is 0 Å². The fourth-order valence-corrected chi connectivity index (χ4v) is 4.48. The Balaban J connectivity index is 1.98. The minimum Gasteiger partial charge on any atom is -0.305 e. The molecule has 0 unspecified atom stereocenters. The lowest BCUT2D eigenvalue weighted by Crippen LogP contribution is -2.54. The number of rotatable bonds is 1. The molecular weight excluding hydrogens is 234 g/mol. The Bertz CT molecular complexity index is 466. The van der Waals surface area contributed by atoms with Gasteiger partial charge in [0.15, 0.2) is 5.78 Å². The molecule has 4 rings (SSSR count). The Labute approximate surface area is 117 Å². The van der Waals surface area contributed by atoms with Gasteiger partial charge in [0.05, 0.1) is 0 Å². The summed E-state index contributed by atoms with van der Waals surface area (Å²) in [7, 11) is 0. The van der Waals surface area contributed by atoms with Crippen molar-refractivity contribution in [3.63, 3.8) is 0 Å². The molecule has 4 aliphatic carbocycles. The molecular formula is C17H27NO. The molecule has 0 heterocycles. The molecule has 106 valence electrons. The van der Waals surface area contributed by atoms with E-state index in [4.69, 9.17) is 0 Å². The highest BCUT2D eigenvalue weighted by Gasteiger charge is 2.59. The molecule has 1 saturated carbocycles. The number of hydrogen-bond acceptors (Lipinski definition) is 2. The smallest absolute Gasteiger partial charge is 0.163 e. The molecule has 2 heteroatoms. The molecule has 2 bridgehead atoms. The molecule has 19 heavy (non-hydrogen) atoms. The normalized spacial score (nSPS) is 40.2. The predicted octanol–water partition coefficient (Wildman–Crippen LogP) is 3.32. The van der Waals surface area contributed by atoms with Gasteiger partial charge in [0, 0.05) is 17.5 Å². The molecule has 0 amide bonds. The van der Waals surface area contributed by atoms with Gasteiger partial charge >= 0.3 is 0 Å². The van der Waals surface area contributed by atoms with Crippen molar-refractivity contribution in [1.82, 2.24) is 5.32 Å². The summed E-state index contributed by atoms with van der Waals surface area (Å²) in [6, 6.07) is 0.271.